The van der Waals surface area contributed by atoms with Crippen molar-refractivity contribution in [2.45, 2.75) is 86.5 Å². The summed E-state index contributed by atoms with van der Waals surface area (Å²) in [6, 6.07) is 3.39. The first-order valence-corrected chi connectivity index (χ1v) is 11.6. The minimum absolute atomic E-state index is 0.184. The van der Waals surface area contributed by atoms with Gasteiger partial charge in [0.15, 0.2) is 0 Å². The number of Topliss-reactive ketones (excluding diaryl/α,β-unsaturated/α-hetero) is 2. The van der Waals surface area contributed by atoms with E-state index in [1.54, 1.807) is 19.2 Å². The highest BCUT2D eigenvalue weighted by Crippen LogP contribution is 2.56. The number of aromatic hydroxyl groups is 1. The SMILES string of the molecule is COc1c(C)cc(O)cc1CC=C(C)CC(=O)CC1(C)CCCC1(C)C(=O)CC=C(C)C. The van der Waals surface area contributed by atoms with E-state index in [9.17, 15) is 14.7 Å². The van der Waals surface area contributed by atoms with Crippen LogP contribution in [0.1, 0.15) is 84.3 Å². The third-order valence-corrected chi connectivity index (χ3v) is 7.32. The Labute approximate surface area is 193 Å². The first-order chi connectivity index (χ1) is 14.9. The summed E-state index contributed by atoms with van der Waals surface area (Å²) in [6.45, 7) is 12.1. The van der Waals surface area contributed by atoms with Gasteiger partial charge in [0.05, 0.1) is 7.11 Å². The van der Waals surface area contributed by atoms with Gasteiger partial charge in [0.25, 0.3) is 0 Å². The third-order valence-electron chi connectivity index (χ3n) is 7.32. The Bertz CT molecular complexity index is 920. The van der Waals surface area contributed by atoms with Crippen LogP contribution in [-0.2, 0) is 16.0 Å². The van der Waals surface area contributed by atoms with Gasteiger partial charge in [-0.05, 0) is 70.1 Å². The van der Waals surface area contributed by atoms with Crippen molar-refractivity contribution in [3.05, 3.63) is 46.6 Å². The van der Waals surface area contributed by atoms with Gasteiger partial charge in [0, 0.05) is 30.2 Å². The van der Waals surface area contributed by atoms with E-state index in [4.69, 9.17) is 4.74 Å². The van der Waals surface area contributed by atoms with Crippen LogP contribution in [0.4, 0.5) is 0 Å². The van der Waals surface area contributed by atoms with Crippen LogP contribution in [0.2, 0.25) is 0 Å². The number of aryl methyl sites for hydroxylation is 1. The minimum atomic E-state index is -0.446. The number of methoxy groups -OCH3 is 1. The molecular formula is C28H40O4. The normalized spacial score (nSPS) is 23.2. The number of phenols is 1. The largest absolute Gasteiger partial charge is 0.508 e. The third kappa shape index (κ3) is 5.90. The maximum atomic E-state index is 13.1. The Kier molecular flexibility index (Phi) is 8.50. The molecule has 4 nitrogen and oxygen atoms in total. The fourth-order valence-corrected chi connectivity index (χ4v) is 5.13. The van der Waals surface area contributed by atoms with E-state index in [0.717, 1.165) is 47.3 Å². The van der Waals surface area contributed by atoms with Crippen LogP contribution in [-0.4, -0.2) is 23.8 Å². The van der Waals surface area contributed by atoms with Crippen LogP contribution in [0.5, 0.6) is 11.5 Å². The Morgan fingerprint density at radius 3 is 2.44 bits per heavy atom. The molecule has 1 aliphatic rings. The van der Waals surface area contributed by atoms with E-state index in [-0.39, 0.29) is 22.7 Å². The fraction of sp³-hybridized carbons (Fsp3) is 0.571. The zero-order chi connectivity index (χ0) is 24.1. The molecule has 2 atom stereocenters. The van der Waals surface area contributed by atoms with Crippen molar-refractivity contribution in [2.24, 2.45) is 10.8 Å². The summed E-state index contributed by atoms with van der Waals surface area (Å²) in [7, 11) is 1.63. The van der Waals surface area contributed by atoms with Crippen LogP contribution >= 0.6 is 0 Å². The predicted octanol–water partition coefficient (Wildman–Crippen LogP) is 6.67. The highest BCUT2D eigenvalue weighted by atomic mass is 16.5. The highest BCUT2D eigenvalue weighted by molar-refractivity contribution is 5.89. The number of carbonyl (C=O) groups is 2. The second-order valence-corrected chi connectivity index (χ2v) is 10.3. The Morgan fingerprint density at radius 2 is 1.81 bits per heavy atom. The number of phenolic OH excluding ortho intramolecular Hbond substituents is 1. The van der Waals surface area contributed by atoms with Crippen molar-refractivity contribution < 1.29 is 19.4 Å². The maximum Gasteiger partial charge on any atom is 0.143 e. The fourth-order valence-electron chi connectivity index (χ4n) is 5.13. The maximum absolute atomic E-state index is 13.1. The van der Waals surface area contributed by atoms with Gasteiger partial charge in [-0.15, -0.1) is 0 Å². The minimum Gasteiger partial charge on any atom is -0.508 e. The molecule has 0 aliphatic heterocycles. The molecule has 1 fully saturated rings. The lowest BCUT2D eigenvalue weighted by Crippen LogP contribution is -2.41. The number of ether oxygens (including phenoxy) is 1. The number of rotatable bonds is 10. The molecular weight excluding hydrogens is 400 g/mol. The van der Waals surface area contributed by atoms with Gasteiger partial charge in [-0.3, -0.25) is 9.59 Å². The first-order valence-electron chi connectivity index (χ1n) is 11.6. The molecule has 2 rings (SSSR count). The van der Waals surface area contributed by atoms with Crippen LogP contribution in [0.25, 0.3) is 0 Å². The quantitative estimate of drug-likeness (QED) is 0.413. The summed E-state index contributed by atoms with van der Waals surface area (Å²) in [5.41, 5.74) is 3.20. The van der Waals surface area contributed by atoms with Crippen LogP contribution < -0.4 is 4.74 Å². The lowest BCUT2D eigenvalue weighted by Gasteiger charge is -2.39. The topological polar surface area (TPSA) is 63.6 Å². The van der Waals surface area contributed by atoms with Gasteiger partial charge in [-0.25, -0.2) is 0 Å². The molecule has 1 aromatic rings. The summed E-state index contributed by atoms with van der Waals surface area (Å²) >= 11 is 0. The first kappa shape index (κ1) is 25.9. The van der Waals surface area contributed by atoms with Gasteiger partial charge >= 0.3 is 0 Å². The van der Waals surface area contributed by atoms with Crippen molar-refractivity contribution in [2.75, 3.05) is 7.11 Å². The molecule has 1 aliphatic carbocycles. The summed E-state index contributed by atoms with van der Waals surface area (Å²) in [5, 5.41) is 9.91. The lowest BCUT2D eigenvalue weighted by atomic mass is 9.62. The molecule has 0 saturated heterocycles. The monoisotopic (exact) mass is 440 g/mol. The van der Waals surface area contributed by atoms with Gasteiger partial charge in [0.2, 0.25) is 0 Å². The van der Waals surface area contributed by atoms with Crippen molar-refractivity contribution >= 4 is 11.6 Å². The number of ketones is 2. The van der Waals surface area contributed by atoms with Gasteiger partial charge in [-0.2, -0.15) is 0 Å². The molecule has 1 N–H and O–H groups in total. The smallest absolute Gasteiger partial charge is 0.143 e. The summed E-state index contributed by atoms with van der Waals surface area (Å²) in [6.07, 6.45) is 8.66. The zero-order valence-electron chi connectivity index (χ0n) is 20.9. The van der Waals surface area contributed by atoms with E-state index in [1.165, 1.54) is 0 Å². The van der Waals surface area contributed by atoms with Crippen molar-refractivity contribution in [3.63, 3.8) is 0 Å². The number of hydrogen-bond acceptors (Lipinski definition) is 4. The van der Waals surface area contributed by atoms with Gasteiger partial charge in [0.1, 0.15) is 23.1 Å². The highest BCUT2D eigenvalue weighted by Gasteiger charge is 2.52. The average molecular weight is 441 g/mol. The average Bonchev–Trinajstić information content (AvgIpc) is 2.98. The Balaban J connectivity index is 2.07. The van der Waals surface area contributed by atoms with Gasteiger partial charge < -0.3 is 9.84 Å². The van der Waals surface area contributed by atoms with E-state index >= 15 is 0 Å². The van der Waals surface area contributed by atoms with Crippen molar-refractivity contribution in [1.29, 1.82) is 0 Å². The standard InChI is InChI=1S/C28H40O4/c1-19(2)9-12-25(31)28(6)14-8-13-27(28,5)18-24(30)15-20(3)10-11-22-17-23(29)16-21(4)26(22)32-7/h9-10,16-17,29H,8,11-15,18H2,1-7H3. The van der Waals surface area contributed by atoms with E-state index < -0.39 is 5.41 Å². The molecule has 0 radical (unpaired) electrons. The molecule has 176 valence electrons. The van der Waals surface area contributed by atoms with Crippen molar-refractivity contribution in [1.82, 2.24) is 0 Å². The van der Waals surface area contributed by atoms with Gasteiger partial charge in [-0.1, -0.05) is 43.6 Å². The Hall–Kier alpha value is -2.36. The molecule has 1 aromatic carbocycles. The number of benzene rings is 1. The van der Waals surface area contributed by atoms with E-state index in [2.05, 4.69) is 13.8 Å². The number of hydrogen-bond donors (Lipinski definition) is 1. The van der Waals surface area contributed by atoms with Crippen LogP contribution in [0, 0.1) is 17.8 Å². The Morgan fingerprint density at radius 1 is 1.12 bits per heavy atom. The predicted molar refractivity (Wildman–Crippen MR) is 130 cm³/mol. The summed E-state index contributed by atoms with van der Waals surface area (Å²) in [4.78, 5) is 26.1. The molecule has 2 unspecified atom stereocenters. The van der Waals surface area contributed by atoms with E-state index in [0.29, 0.717) is 25.7 Å². The van der Waals surface area contributed by atoms with Crippen molar-refractivity contribution in [3.8, 4) is 11.5 Å². The molecule has 0 spiro atoms. The molecule has 0 bridgehead atoms. The molecule has 0 amide bonds. The molecule has 0 heterocycles. The second-order valence-electron chi connectivity index (χ2n) is 10.3. The molecule has 1 saturated carbocycles. The summed E-state index contributed by atoms with van der Waals surface area (Å²) < 4.78 is 5.48. The molecule has 32 heavy (non-hydrogen) atoms. The van der Waals surface area contributed by atoms with Crippen LogP contribution in [0.3, 0.4) is 0 Å². The number of allylic oxidation sites excluding steroid dienone is 4. The molecule has 0 aromatic heterocycles. The van der Waals surface area contributed by atoms with E-state index in [1.807, 2.05) is 39.8 Å². The van der Waals surface area contributed by atoms with Crippen LogP contribution in [0.15, 0.2) is 35.4 Å². The summed E-state index contributed by atoms with van der Waals surface area (Å²) in [5.74, 6) is 1.42. The second kappa shape index (κ2) is 10.5. The number of carbonyl (C=O) groups excluding carboxylic acids is 2. The molecule has 4 heteroatoms. The zero-order valence-corrected chi connectivity index (χ0v) is 20.9. The lowest BCUT2D eigenvalue weighted by molar-refractivity contribution is -0.134.